The van der Waals surface area contributed by atoms with E-state index in [9.17, 15) is 9.59 Å². The monoisotopic (exact) mass is 331 g/mol. The van der Waals surface area contributed by atoms with E-state index < -0.39 is 20.3 Å². The van der Waals surface area contributed by atoms with Crippen LogP contribution in [0.4, 0.5) is 0 Å². The van der Waals surface area contributed by atoms with Crippen molar-refractivity contribution in [3.63, 3.8) is 0 Å². The average molecular weight is 332 g/mol. The molecular formula is C16H33NO4Si. The molecule has 0 aromatic heterocycles. The van der Waals surface area contributed by atoms with E-state index in [0.29, 0.717) is 12.3 Å². The van der Waals surface area contributed by atoms with E-state index in [4.69, 9.17) is 9.16 Å². The Bertz CT molecular complexity index is 394. The molecule has 0 aliphatic carbocycles. The van der Waals surface area contributed by atoms with Crippen LogP contribution >= 0.6 is 0 Å². The first-order chi connectivity index (χ1) is 9.90. The third kappa shape index (κ3) is 5.09. The fraction of sp³-hybridized carbons (Fsp3) is 0.875. The van der Waals surface area contributed by atoms with Gasteiger partial charge in [-0.25, -0.2) is 4.79 Å². The summed E-state index contributed by atoms with van der Waals surface area (Å²) in [5, 5.41) is 2.71. The summed E-state index contributed by atoms with van der Waals surface area (Å²) in [7, 11) is -0.786. The standard InChI is InChI=1S/C16H33NO4Si/c1-10-13(14(15(19)20-7)17-12(4)18)21-22(8,9)16(5,6)11(2)3/h11,13-14H,10H2,1-9H3,(H,17,18)/t13-,14-/m0/s1. The summed E-state index contributed by atoms with van der Waals surface area (Å²) in [5.41, 5.74) is 0. The Morgan fingerprint density at radius 1 is 1.23 bits per heavy atom. The first kappa shape index (κ1) is 21.1. The van der Waals surface area contributed by atoms with Crippen LogP contribution in [0.15, 0.2) is 0 Å². The molecule has 0 fully saturated rings. The number of ether oxygens (including phenoxy) is 1. The summed E-state index contributed by atoms with van der Waals surface area (Å²) in [4.78, 5) is 23.4. The lowest BCUT2D eigenvalue weighted by atomic mass is 9.99. The molecule has 22 heavy (non-hydrogen) atoms. The van der Waals surface area contributed by atoms with Crippen molar-refractivity contribution in [3.05, 3.63) is 0 Å². The highest BCUT2D eigenvalue weighted by Crippen LogP contribution is 2.45. The normalized spacial score (nSPS) is 15.4. The molecule has 1 N–H and O–H groups in total. The molecule has 0 bridgehead atoms. The SMILES string of the molecule is CC[C@H](O[Si](C)(C)C(C)(C)C(C)C)[C@H](NC(C)=O)C(=O)OC. The van der Waals surface area contributed by atoms with Crippen molar-refractivity contribution in [3.8, 4) is 0 Å². The maximum atomic E-state index is 12.0. The summed E-state index contributed by atoms with van der Waals surface area (Å²) in [6.07, 6.45) is 0.251. The molecule has 0 rings (SSSR count). The quantitative estimate of drug-likeness (QED) is 0.548. The molecule has 0 radical (unpaired) electrons. The van der Waals surface area contributed by atoms with E-state index in [2.05, 4.69) is 46.1 Å². The van der Waals surface area contributed by atoms with Crippen LogP contribution in [0, 0.1) is 5.92 Å². The number of nitrogens with one attached hydrogen (secondary N) is 1. The molecular weight excluding hydrogens is 298 g/mol. The Balaban J connectivity index is 5.38. The van der Waals surface area contributed by atoms with Crippen LogP contribution in [0.25, 0.3) is 0 Å². The number of hydrogen-bond donors (Lipinski definition) is 1. The maximum absolute atomic E-state index is 12.0. The zero-order valence-electron chi connectivity index (χ0n) is 15.6. The molecule has 5 nitrogen and oxygen atoms in total. The smallest absolute Gasteiger partial charge is 0.331 e. The molecule has 0 aliphatic heterocycles. The Hall–Kier alpha value is -0.883. The van der Waals surface area contributed by atoms with E-state index in [-0.39, 0.29) is 17.0 Å². The van der Waals surface area contributed by atoms with Gasteiger partial charge in [0.25, 0.3) is 0 Å². The van der Waals surface area contributed by atoms with Gasteiger partial charge in [-0.1, -0.05) is 34.6 Å². The van der Waals surface area contributed by atoms with Crippen molar-refractivity contribution >= 4 is 20.2 Å². The van der Waals surface area contributed by atoms with E-state index in [1.54, 1.807) is 0 Å². The van der Waals surface area contributed by atoms with E-state index in [1.165, 1.54) is 14.0 Å². The van der Waals surface area contributed by atoms with Gasteiger partial charge in [-0.05, 0) is 30.5 Å². The lowest BCUT2D eigenvalue weighted by molar-refractivity contribution is -0.147. The Morgan fingerprint density at radius 3 is 2.05 bits per heavy atom. The fourth-order valence-electron chi connectivity index (χ4n) is 2.26. The summed E-state index contributed by atoms with van der Waals surface area (Å²) in [6.45, 7) is 16.5. The van der Waals surface area contributed by atoms with Crippen molar-refractivity contribution < 1.29 is 18.8 Å². The molecule has 0 aromatic carbocycles. The Kier molecular flexibility index (Phi) is 7.78. The van der Waals surface area contributed by atoms with Gasteiger partial charge in [0.15, 0.2) is 14.4 Å². The van der Waals surface area contributed by atoms with Gasteiger partial charge in [-0.3, -0.25) is 4.79 Å². The van der Waals surface area contributed by atoms with Gasteiger partial charge in [0.1, 0.15) is 0 Å². The molecule has 0 aromatic rings. The summed E-state index contributed by atoms with van der Waals surface area (Å²) < 4.78 is 11.2. The van der Waals surface area contributed by atoms with Crippen molar-refractivity contribution in [2.45, 2.75) is 78.2 Å². The van der Waals surface area contributed by atoms with Gasteiger partial charge in [-0.15, -0.1) is 0 Å². The minimum Gasteiger partial charge on any atom is -0.467 e. The minimum absolute atomic E-state index is 0.0390. The van der Waals surface area contributed by atoms with Crippen molar-refractivity contribution in [1.82, 2.24) is 5.32 Å². The van der Waals surface area contributed by atoms with E-state index >= 15 is 0 Å². The number of amides is 1. The van der Waals surface area contributed by atoms with Gasteiger partial charge in [0.2, 0.25) is 5.91 Å². The topological polar surface area (TPSA) is 64.6 Å². The fourth-order valence-corrected chi connectivity index (χ4v) is 5.02. The molecule has 0 saturated carbocycles. The first-order valence-electron chi connectivity index (χ1n) is 7.93. The number of hydrogen-bond acceptors (Lipinski definition) is 4. The Morgan fingerprint density at radius 2 is 1.73 bits per heavy atom. The van der Waals surface area contributed by atoms with Crippen LogP contribution in [-0.4, -0.2) is 39.4 Å². The van der Waals surface area contributed by atoms with E-state index in [0.717, 1.165) is 0 Å². The highest BCUT2D eigenvalue weighted by Gasteiger charge is 2.46. The van der Waals surface area contributed by atoms with Crippen LogP contribution in [0.5, 0.6) is 0 Å². The Labute approximate surface area is 136 Å². The van der Waals surface area contributed by atoms with Crippen molar-refractivity contribution in [2.75, 3.05) is 7.11 Å². The van der Waals surface area contributed by atoms with Gasteiger partial charge in [0, 0.05) is 6.92 Å². The molecule has 0 aliphatic rings. The second-order valence-corrected chi connectivity index (χ2v) is 11.7. The van der Waals surface area contributed by atoms with Crippen LogP contribution in [0.3, 0.4) is 0 Å². The first-order valence-corrected chi connectivity index (χ1v) is 10.8. The number of carbonyl (C=O) groups is 2. The molecule has 0 unspecified atom stereocenters. The van der Waals surface area contributed by atoms with Gasteiger partial charge < -0.3 is 14.5 Å². The number of rotatable bonds is 8. The lowest BCUT2D eigenvalue weighted by Gasteiger charge is -2.45. The van der Waals surface area contributed by atoms with Crippen molar-refractivity contribution in [1.29, 1.82) is 0 Å². The van der Waals surface area contributed by atoms with Gasteiger partial charge >= 0.3 is 5.97 Å². The maximum Gasteiger partial charge on any atom is 0.331 e. The number of methoxy groups -OCH3 is 1. The minimum atomic E-state index is -2.11. The molecule has 130 valence electrons. The van der Waals surface area contributed by atoms with Gasteiger partial charge in [0.05, 0.1) is 13.2 Å². The van der Waals surface area contributed by atoms with Crippen molar-refractivity contribution in [2.24, 2.45) is 5.92 Å². The predicted octanol–water partition coefficient (Wildman–Crippen LogP) is 3.10. The second-order valence-electron chi connectivity index (χ2n) is 7.15. The molecule has 2 atom stereocenters. The highest BCUT2D eigenvalue weighted by atomic mass is 28.4. The molecule has 1 amide bonds. The summed E-state index contributed by atoms with van der Waals surface area (Å²) >= 11 is 0. The zero-order valence-corrected chi connectivity index (χ0v) is 16.6. The third-order valence-electron chi connectivity index (χ3n) is 5.03. The molecule has 0 spiro atoms. The largest absolute Gasteiger partial charge is 0.467 e. The van der Waals surface area contributed by atoms with Crippen LogP contribution in [0.2, 0.25) is 18.1 Å². The molecule has 0 saturated heterocycles. The molecule has 6 heteroatoms. The zero-order chi connectivity index (χ0) is 17.7. The lowest BCUT2D eigenvalue weighted by Crippen LogP contribution is -2.55. The second kappa shape index (κ2) is 8.11. The summed E-state index contributed by atoms with van der Waals surface area (Å²) in [5.74, 6) is -0.265. The van der Waals surface area contributed by atoms with E-state index in [1.807, 2.05) is 6.92 Å². The van der Waals surface area contributed by atoms with Crippen LogP contribution in [0.1, 0.15) is 48.0 Å². The van der Waals surface area contributed by atoms with Crippen LogP contribution < -0.4 is 5.32 Å². The average Bonchev–Trinajstić information content (AvgIpc) is 2.40. The third-order valence-corrected chi connectivity index (χ3v) is 9.60. The predicted molar refractivity (Wildman–Crippen MR) is 91.1 cm³/mol. The number of esters is 1. The highest BCUT2D eigenvalue weighted by molar-refractivity contribution is 6.74. The summed E-state index contributed by atoms with van der Waals surface area (Å²) in [6, 6.07) is -0.762. The molecule has 0 heterocycles. The van der Waals surface area contributed by atoms with Crippen LogP contribution in [-0.2, 0) is 18.8 Å². The number of carbonyl (C=O) groups excluding carboxylic acids is 2. The van der Waals surface area contributed by atoms with Gasteiger partial charge in [-0.2, -0.15) is 0 Å².